The van der Waals surface area contributed by atoms with Gasteiger partial charge in [-0.3, -0.25) is 14.4 Å². The summed E-state index contributed by atoms with van der Waals surface area (Å²) in [6.45, 7) is 5.24. The van der Waals surface area contributed by atoms with Crippen LogP contribution in [0.15, 0.2) is 24.3 Å². The summed E-state index contributed by atoms with van der Waals surface area (Å²) in [4.78, 5) is 39.4. The third kappa shape index (κ3) is 6.21. The van der Waals surface area contributed by atoms with E-state index < -0.39 is 0 Å². The molecule has 1 fully saturated rings. The largest absolute Gasteiger partial charge is 0.466 e. The van der Waals surface area contributed by atoms with Crippen molar-refractivity contribution in [2.45, 2.75) is 32.7 Å². The van der Waals surface area contributed by atoms with Crippen LogP contribution in [0, 0.1) is 5.92 Å². The Labute approximate surface area is 171 Å². The van der Waals surface area contributed by atoms with Gasteiger partial charge in [0.25, 0.3) is 11.8 Å². The molecule has 1 heterocycles. The van der Waals surface area contributed by atoms with Crippen molar-refractivity contribution in [2.24, 2.45) is 5.92 Å². The highest BCUT2D eigenvalue weighted by molar-refractivity contribution is 6.30. The molecule has 1 saturated heterocycles. The molecule has 1 unspecified atom stereocenters. The van der Waals surface area contributed by atoms with Crippen LogP contribution in [0.3, 0.4) is 0 Å². The molecular formula is C20H29ClN3O4+. The molecule has 0 bridgehead atoms. The van der Waals surface area contributed by atoms with E-state index >= 15 is 0 Å². The van der Waals surface area contributed by atoms with E-state index in [1.165, 1.54) is 0 Å². The van der Waals surface area contributed by atoms with Crippen molar-refractivity contribution >= 4 is 35.1 Å². The van der Waals surface area contributed by atoms with E-state index in [1.54, 1.807) is 36.1 Å². The zero-order valence-corrected chi connectivity index (χ0v) is 17.4. The molecule has 1 aromatic rings. The summed E-state index contributed by atoms with van der Waals surface area (Å²) in [5, 5.41) is 3.41. The van der Waals surface area contributed by atoms with Crippen molar-refractivity contribution in [3.05, 3.63) is 29.3 Å². The molecule has 0 spiro atoms. The number of rotatable bonds is 7. The first-order chi connectivity index (χ1) is 13.3. The number of amides is 2. The van der Waals surface area contributed by atoms with E-state index in [1.807, 2.05) is 14.0 Å². The number of nitrogens with zero attached hydrogens (tertiary/aromatic N) is 1. The quantitative estimate of drug-likeness (QED) is 0.657. The molecule has 1 aromatic carbocycles. The summed E-state index contributed by atoms with van der Waals surface area (Å²) in [7, 11) is 1.83. The average Bonchev–Trinajstić information content (AvgIpc) is 2.68. The van der Waals surface area contributed by atoms with Crippen LogP contribution in [0.5, 0.6) is 0 Å². The highest BCUT2D eigenvalue weighted by Gasteiger charge is 2.33. The zero-order chi connectivity index (χ0) is 20.7. The lowest BCUT2D eigenvalue weighted by atomic mass is 9.96. The Balaban J connectivity index is 1.81. The lowest BCUT2D eigenvalue weighted by Gasteiger charge is -2.33. The number of nitrogens with one attached hydrogen (secondary N) is 2. The Bertz CT molecular complexity index is 687. The minimum absolute atomic E-state index is 0.000832. The number of hydrogen-bond donors (Lipinski definition) is 2. The number of likely N-dealkylation sites (tertiary alicyclic amines) is 1. The molecule has 2 atom stereocenters. The molecule has 0 aliphatic carbocycles. The summed E-state index contributed by atoms with van der Waals surface area (Å²) < 4.78 is 5.06. The van der Waals surface area contributed by atoms with Crippen LogP contribution in [-0.2, 0) is 19.1 Å². The fourth-order valence-corrected chi connectivity index (χ4v) is 3.35. The van der Waals surface area contributed by atoms with Gasteiger partial charge in [0.2, 0.25) is 0 Å². The first-order valence-electron chi connectivity index (χ1n) is 9.65. The van der Waals surface area contributed by atoms with Crippen LogP contribution in [0.1, 0.15) is 26.7 Å². The topological polar surface area (TPSA) is 80.2 Å². The number of anilines is 1. The van der Waals surface area contributed by atoms with Gasteiger partial charge in [-0.15, -0.1) is 0 Å². The molecule has 2 rings (SSSR count). The number of benzene rings is 1. The van der Waals surface area contributed by atoms with E-state index in [4.69, 9.17) is 16.3 Å². The number of quaternary nitrogens is 1. The molecule has 8 heteroatoms. The molecule has 7 nitrogen and oxygen atoms in total. The Kier molecular flexibility index (Phi) is 8.26. The first kappa shape index (κ1) is 22.2. The van der Waals surface area contributed by atoms with Gasteiger partial charge in [-0.1, -0.05) is 11.6 Å². The van der Waals surface area contributed by atoms with Crippen LogP contribution >= 0.6 is 11.6 Å². The predicted molar refractivity (Wildman–Crippen MR) is 107 cm³/mol. The third-order valence-corrected chi connectivity index (χ3v) is 5.36. The number of carbonyl (C=O) groups is 3. The van der Waals surface area contributed by atoms with Crippen LogP contribution in [0.4, 0.5) is 5.69 Å². The van der Waals surface area contributed by atoms with E-state index in [0.717, 1.165) is 4.90 Å². The van der Waals surface area contributed by atoms with Gasteiger partial charge in [0.1, 0.15) is 0 Å². The molecule has 28 heavy (non-hydrogen) atoms. The Morgan fingerprint density at radius 2 is 1.86 bits per heavy atom. The molecule has 0 radical (unpaired) electrons. The maximum absolute atomic E-state index is 12.8. The second kappa shape index (κ2) is 10.4. The molecule has 1 aliphatic heterocycles. The minimum atomic E-state index is -0.352. The van der Waals surface area contributed by atoms with Gasteiger partial charge in [-0.05, 0) is 51.0 Å². The average molecular weight is 411 g/mol. The highest BCUT2D eigenvalue weighted by Crippen LogP contribution is 2.19. The van der Waals surface area contributed by atoms with Gasteiger partial charge in [0.05, 0.1) is 19.6 Å². The fraction of sp³-hybridized carbons (Fsp3) is 0.550. The van der Waals surface area contributed by atoms with Crippen molar-refractivity contribution in [1.82, 2.24) is 4.90 Å². The second-order valence-corrected chi connectivity index (χ2v) is 7.59. The normalized spacial score (nSPS) is 16.9. The number of hydrogen-bond acceptors (Lipinski definition) is 4. The van der Waals surface area contributed by atoms with Crippen molar-refractivity contribution in [1.29, 1.82) is 0 Å². The molecule has 0 aromatic heterocycles. The van der Waals surface area contributed by atoms with Gasteiger partial charge in [0, 0.05) is 23.8 Å². The first-order valence-corrected chi connectivity index (χ1v) is 10.0. The molecule has 154 valence electrons. The number of likely N-dealkylation sites (N-methyl/N-ethyl adjacent to an activating group) is 1. The Morgan fingerprint density at radius 3 is 2.43 bits per heavy atom. The summed E-state index contributed by atoms with van der Waals surface area (Å²) in [6, 6.07) is 6.53. The van der Waals surface area contributed by atoms with Crippen molar-refractivity contribution in [3.63, 3.8) is 0 Å². The van der Waals surface area contributed by atoms with Gasteiger partial charge >= 0.3 is 5.97 Å². The summed E-state index contributed by atoms with van der Waals surface area (Å²) in [6.07, 6.45) is 1.24. The van der Waals surface area contributed by atoms with E-state index in [0.29, 0.717) is 43.2 Å². The number of halogens is 1. The van der Waals surface area contributed by atoms with Crippen molar-refractivity contribution < 1.29 is 24.0 Å². The minimum Gasteiger partial charge on any atom is -0.466 e. The SMILES string of the molecule is CCOC(=O)C1CCN(C(=O)[C@@H](C)[NH+](C)CC(=O)Nc2ccc(Cl)cc2)CC1. The van der Waals surface area contributed by atoms with Gasteiger partial charge in [-0.25, -0.2) is 0 Å². The van der Waals surface area contributed by atoms with Crippen molar-refractivity contribution in [2.75, 3.05) is 38.6 Å². The Hall–Kier alpha value is -2.12. The highest BCUT2D eigenvalue weighted by atomic mass is 35.5. The Morgan fingerprint density at radius 1 is 1.25 bits per heavy atom. The van der Waals surface area contributed by atoms with Crippen LogP contribution in [-0.4, -0.2) is 62.0 Å². The molecule has 0 saturated carbocycles. The third-order valence-electron chi connectivity index (χ3n) is 5.10. The summed E-state index contributed by atoms with van der Waals surface area (Å²) >= 11 is 5.84. The fourth-order valence-electron chi connectivity index (χ4n) is 3.23. The monoisotopic (exact) mass is 410 g/mol. The zero-order valence-electron chi connectivity index (χ0n) is 16.7. The number of ether oxygens (including phenoxy) is 1. The number of esters is 1. The lowest BCUT2D eigenvalue weighted by Crippen LogP contribution is -3.15. The van der Waals surface area contributed by atoms with E-state index in [-0.39, 0.29) is 36.3 Å². The van der Waals surface area contributed by atoms with Gasteiger partial charge in [-0.2, -0.15) is 0 Å². The van der Waals surface area contributed by atoms with Crippen molar-refractivity contribution in [3.8, 4) is 0 Å². The second-order valence-electron chi connectivity index (χ2n) is 7.15. The number of piperidine rings is 1. The smallest absolute Gasteiger partial charge is 0.309 e. The molecule has 2 amide bonds. The molecular weight excluding hydrogens is 382 g/mol. The van der Waals surface area contributed by atoms with Crippen LogP contribution < -0.4 is 10.2 Å². The van der Waals surface area contributed by atoms with E-state index in [9.17, 15) is 14.4 Å². The van der Waals surface area contributed by atoms with E-state index in [2.05, 4.69) is 5.32 Å². The predicted octanol–water partition coefficient (Wildman–Crippen LogP) is 0.983. The van der Waals surface area contributed by atoms with Gasteiger partial charge in [0.15, 0.2) is 12.6 Å². The van der Waals surface area contributed by atoms with Crippen LogP contribution in [0.25, 0.3) is 0 Å². The maximum atomic E-state index is 12.8. The molecule has 2 N–H and O–H groups in total. The molecule has 1 aliphatic rings. The van der Waals surface area contributed by atoms with Crippen LogP contribution in [0.2, 0.25) is 5.02 Å². The van der Waals surface area contributed by atoms with Gasteiger partial charge < -0.3 is 19.9 Å². The maximum Gasteiger partial charge on any atom is 0.309 e. The number of carbonyl (C=O) groups excluding carboxylic acids is 3. The summed E-state index contributed by atoms with van der Waals surface area (Å²) in [5.41, 5.74) is 0.669. The summed E-state index contributed by atoms with van der Waals surface area (Å²) in [5.74, 6) is -0.474. The lowest BCUT2D eigenvalue weighted by molar-refractivity contribution is -0.886. The standard InChI is InChI=1S/C20H28ClN3O4/c1-4-28-20(27)15-9-11-24(12-10-15)19(26)14(2)23(3)13-18(25)22-17-7-5-16(21)6-8-17/h5-8,14-15H,4,9-13H2,1-3H3,(H,22,25)/p+1/t14-/m1/s1.